The van der Waals surface area contributed by atoms with Crippen LogP contribution < -0.4 is 10.5 Å². The van der Waals surface area contributed by atoms with E-state index in [1.54, 1.807) is 0 Å². The first kappa shape index (κ1) is 10.0. The van der Waals surface area contributed by atoms with Gasteiger partial charge in [0.15, 0.2) is 0 Å². The third-order valence-electron chi connectivity index (χ3n) is 4.03. The Hall–Kier alpha value is -1.18. The molecule has 2 heteroatoms. The highest BCUT2D eigenvalue weighted by Gasteiger charge is 2.37. The van der Waals surface area contributed by atoms with Crippen molar-refractivity contribution >= 4 is 5.69 Å². The number of benzene rings is 1. The molecule has 1 aliphatic carbocycles. The van der Waals surface area contributed by atoms with Crippen molar-refractivity contribution in [2.24, 2.45) is 0 Å². The zero-order valence-electron chi connectivity index (χ0n) is 9.67. The van der Waals surface area contributed by atoms with Gasteiger partial charge in [0, 0.05) is 5.69 Å². The van der Waals surface area contributed by atoms with Crippen LogP contribution in [0.2, 0.25) is 0 Å². The van der Waals surface area contributed by atoms with E-state index >= 15 is 0 Å². The van der Waals surface area contributed by atoms with E-state index in [1.807, 2.05) is 12.1 Å². The Labute approximate surface area is 96.8 Å². The molecule has 86 valence electrons. The predicted molar refractivity (Wildman–Crippen MR) is 65.6 cm³/mol. The van der Waals surface area contributed by atoms with Crippen LogP contribution in [0, 0.1) is 0 Å². The van der Waals surface area contributed by atoms with E-state index in [9.17, 15) is 0 Å². The van der Waals surface area contributed by atoms with E-state index in [-0.39, 0.29) is 5.60 Å². The number of ether oxygens (including phenoxy) is 1. The highest BCUT2D eigenvalue weighted by molar-refractivity contribution is 5.49. The minimum atomic E-state index is 0.154. The lowest BCUT2D eigenvalue weighted by Gasteiger charge is -2.41. The number of anilines is 1. The normalized spacial score (nSPS) is 22.5. The van der Waals surface area contributed by atoms with Crippen molar-refractivity contribution in [2.75, 3.05) is 5.73 Å². The molecule has 0 amide bonds. The molecule has 0 unspecified atom stereocenters. The van der Waals surface area contributed by atoms with Crippen LogP contribution in [0.3, 0.4) is 0 Å². The van der Waals surface area contributed by atoms with E-state index in [0.717, 1.165) is 17.9 Å². The third-order valence-corrected chi connectivity index (χ3v) is 4.03. The highest BCUT2D eigenvalue weighted by atomic mass is 16.5. The maximum absolute atomic E-state index is 6.26. The summed E-state index contributed by atoms with van der Waals surface area (Å²) in [6.07, 6.45) is 8.78. The fourth-order valence-electron chi connectivity index (χ4n) is 3.09. The third kappa shape index (κ3) is 1.66. The minimum absolute atomic E-state index is 0.154. The van der Waals surface area contributed by atoms with Gasteiger partial charge in [0.25, 0.3) is 0 Å². The molecule has 0 aromatic heterocycles. The second-order valence-electron chi connectivity index (χ2n) is 5.21. The Morgan fingerprint density at radius 3 is 2.69 bits per heavy atom. The number of aryl methyl sites for hydroxylation is 1. The number of nitrogens with two attached hydrogens (primary N) is 1. The Kier molecular flexibility index (Phi) is 2.31. The van der Waals surface area contributed by atoms with Gasteiger partial charge in [0.1, 0.15) is 11.4 Å². The molecule has 0 atom stereocenters. The van der Waals surface area contributed by atoms with Crippen LogP contribution in [0.1, 0.15) is 44.1 Å². The second kappa shape index (κ2) is 3.69. The van der Waals surface area contributed by atoms with Gasteiger partial charge in [0.05, 0.1) is 0 Å². The first-order valence-electron chi connectivity index (χ1n) is 6.35. The highest BCUT2D eigenvalue weighted by Crippen LogP contribution is 2.42. The first-order chi connectivity index (χ1) is 7.77. The van der Waals surface area contributed by atoms with Crippen LogP contribution in [0.5, 0.6) is 5.75 Å². The first-order valence-corrected chi connectivity index (χ1v) is 6.35. The molecule has 1 aromatic rings. The van der Waals surface area contributed by atoms with Gasteiger partial charge in [-0.25, -0.2) is 0 Å². The number of nitrogen functional groups attached to an aromatic ring is 1. The molecular weight excluding hydrogens is 198 g/mol. The van der Waals surface area contributed by atoms with Gasteiger partial charge in [-0.05, 0) is 62.3 Å². The van der Waals surface area contributed by atoms with E-state index in [2.05, 4.69) is 6.07 Å². The monoisotopic (exact) mass is 217 g/mol. The molecule has 1 saturated carbocycles. The van der Waals surface area contributed by atoms with Crippen LogP contribution in [0.4, 0.5) is 5.69 Å². The van der Waals surface area contributed by atoms with Crippen molar-refractivity contribution in [3.8, 4) is 5.75 Å². The Morgan fingerprint density at radius 2 is 1.88 bits per heavy atom. The van der Waals surface area contributed by atoms with Gasteiger partial charge < -0.3 is 10.5 Å². The van der Waals surface area contributed by atoms with Gasteiger partial charge in [-0.15, -0.1) is 0 Å². The number of hydrogen-bond acceptors (Lipinski definition) is 2. The van der Waals surface area contributed by atoms with E-state index in [0.29, 0.717) is 0 Å². The minimum Gasteiger partial charge on any atom is -0.487 e. The van der Waals surface area contributed by atoms with E-state index in [1.165, 1.54) is 44.1 Å². The average Bonchev–Trinajstić information content (AvgIpc) is 2.31. The lowest BCUT2D eigenvalue weighted by atomic mass is 9.79. The number of fused-ring (bicyclic) bond motifs is 1. The zero-order chi connectivity index (χ0) is 11.0. The van der Waals surface area contributed by atoms with Crippen molar-refractivity contribution in [3.63, 3.8) is 0 Å². The summed E-state index contributed by atoms with van der Waals surface area (Å²) in [4.78, 5) is 0. The molecule has 1 spiro atoms. The Balaban J connectivity index is 1.88. The molecule has 1 heterocycles. The van der Waals surface area contributed by atoms with Crippen LogP contribution in [0.25, 0.3) is 0 Å². The molecule has 2 aliphatic rings. The summed E-state index contributed by atoms with van der Waals surface area (Å²) in [7, 11) is 0. The van der Waals surface area contributed by atoms with Gasteiger partial charge in [-0.1, -0.05) is 6.42 Å². The lowest BCUT2D eigenvalue weighted by Crippen LogP contribution is -2.41. The standard InChI is InChI=1S/C14H19NO/c15-12-4-5-13-11(10-12)6-9-14(16-13)7-2-1-3-8-14/h4-5,10H,1-3,6-9,15H2. The van der Waals surface area contributed by atoms with Crippen LogP contribution in [-0.2, 0) is 6.42 Å². The summed E-state index contributed by atoms with van der Waals surface area (Å²) in [6, 6.07) is 6.05. The number of hydrogen-bond donors (Lipinski definition) is 1. The van der Waals surface area contributed by atoms with Gasteiger partial charge in [0.2, 0.25) is 0 Å². The SMILES string of the molecule is Nc1ccc2c(c1)CCC1(CCCCC1)O2. The summed E-state index contributed by atoms with van der Waals surface area (Å²) in [5, 5.41) is 0. The fraction of sp³-hybridized carbons (Fsp3) is 0.571. The molecular formula is C14H19NO. The van der Waals surface area contributed by atoms with E-state index < -0.39 is 0 Å². The largest absolute Gasteiger partial charge is 0.487 e. The molecule has 3 rings (SSSR count). The summed E-state index contributed by atoms with van der Waals surface area (Å²) in [6.45, 7) is 0. The molecule has 0 saturated heterocycles. The molecule has 0 bridgehead atoms. The van der Waals surface area contributed by atoms with Crippen molar-refractivity contribution < 1.29 is 4.74 Å². The molecule has 1 fully saturated rings. The Bertz CT molecular complexity index is 394. The van der Waals surface area contributed by atoms with Gasteiger partial charge in [-0.3, -0.25) is 0 Å². The summed E-state index contributed by atoms with van der Waals surface area (Å²) in [5.74, 6) is 1.07. The van der Waals surface area contributed by atoms with Crippen LogP contribution in [0.15, 0.2) is 18.2 Å². The van der Waals surface area contributed by atoms with Crippen LogP contribution >= 0.6 is 0 Å². The maximum Gasteiger partial charge on any atom is 0.123 e. The Morgan fingerprint density at radius 1 is 1.06 bits per heavy atom. The topological polar surface area (TPSA) is 35.2 Å². The van der Waals surface area contributed by atoms with Crippen molar-refractivity contribution in [2.45, 2.75) is 50.5 Å². The quantitative estimate of drug-likeness (QED) is 0.677. The smallest absolute Gasteiger partial charge is 0.123 e. The average molecular weight is 217 g/mol. The molecule has 1 aromatic carbocycles. The van der Waals surface area contributed by atoms with Crippen molar-refractivity contribution in [3.05, 3.63) is 23.8 Å². The molecule has 2 nitrogen and oxygen atoms in total. The predicted octanol–water partition coefficient (Wildman–Crippen LogP) is 3.30. The van der Waals surface area contributed by atoms with Crippen molar-refractivity contribution in [1.82, 2.24) is 0 Å². The molecule has 0 radical (unpaired) electrons. The fourth-order valence-corrected chi connectivity index (χ4v) is 3.09. The van der Waals surface area contributed by atoms with Gasteiger partial charge >= 0.3 is 0 Å². The second-order valence-corrected chi connectivity index (χ2v) is 5.21. The maximum atomic E-state index is 6.26. The number of rotatable bonds is 0. The summed E-state index contributed by atoms with van der Waals surface area (Å²) in [5.41, 5.74) is 8.09. The molecule has 16 heavy (non-hydrogen) atoms. The molecule has 2 N–H and O–H groups in total. The summed E-state index contributed by atoms with van der Waals surface area (Å²) < 4.78 is 6.26. The lowest BCUT2D eigenvalue weighted by molar-refractivity contribution is 0.0108. The molecule has 1 aliphatic heterocycles. The zero-order valence-corrected chi connectivity index (χ0v) is 9.67. The summed E-state index contributed by atoms with van der Waals surface area (Å²) >= 11 is 0. The van der Waals surface area contributed by atoms with Crippen molar-refractivity contribution in [1.29, 1.82) is 0 Å². The van der Waals surface area contributed by atoms with Gasteiger partial charge in [-0.2, -0.15) is 0 Å². The van der Waals surface area contributed by atoms with Crippen LogP contribution in [-0.4, -0.2) is 5.60 Å². The van der Waals surface area contributed by atoms with E-state index in [4.69, 9.17) is 10.5 Å².